The van der Waals surface area contributed by atoms with Gasteiger partial charge in [-0.25, -0.2) is 9.97 Å². The van der Waals surface area contributed by atoms with E-state index in [1.807, 2.05) is 37.4 Å². The van der Waals surface area contributed by atoms with E-state index in [2.05, 4.69) is 20.1 Å². The molecule has 0 aliphatic carbocycles. The van der Waals surface area contributed by atoms with Crippen molar-refractivity contribution in [2.24, 2.45) is 7.05 Å². The molecule has 118 valence electrons. The summed E-state index contributed by atoms with van der Waals surface area (Å²) in [6.45, 7) is 0.361. The molecule has 0 aliphatic heterocycles. The minimum absolute atomic E-state index is 0.185. The molecule has 7 nitrogen and oxygen atoms in total. The Bertz CT molecular complexity index is 1070. The number of rotatable bonds is 3. The molecule has 0 unspecified atom stereocenters. The van der Waals surface area contributed by atoms with Crippen LogP contribution in [0.25, 0.3) is 22.4 Å². The van der Waals surface area contributed by atoms with Gasteiger partial charge in [0.25, 0.3) is 5.56 Å². The van der Waals surface area contributed by atoms with Gasteiger partial charge in [-0.1, -0.05) is 6.07 Å². The van der Waals surface area contributed by atoms with Crippen LogP contribution in [0, 0.1) is 0 Å². The monoisotopic (exact) mass is 318 g/mol. The zero-order valence-corrected chi connectivity index (χ0v) is 13.0. The Labute approximate surface area is 137 Å². The summed E-state index contributed by atoms with van der Waals surface area (Å²) in [6, 6.07) is 11.1. The van der Waals surface area contributed by atoms with E-state index in [-0.39, 0.29) is 5.56 Å². The standard InChI is InChI=1S/C17H14N6O/c1-22-15(7-9-20-22)13-5-6-14-16(21-13)17(24)23(11-19-14)10-12-4-2-3-8-18-12/h2-9,11H,10H2,1H3. The van der Waals surface area contributed by atoms with Crippen LogP contribution >= 0.6 is 0 Å². The van der Waals surface area contributed by atoms with Gasteiger partial charge in [0, 0.05) is 19.4 Å². The van der Waals surface area contributed by atoms with Crippen LogP contribution in [0.1, 0.15) is 5.69 Å². The quantitative estimate of drug-likeness (QED) is 0.574. The highest BCUT2D eigenvalue weighted by Gasteiger charge is 2.10. The van der Waals surface area contributed by atoms with E-state index in [0.717, 1.165) is 11.4 Å². The van der Waals surface area contributed by atoms with Gasteiger partial charge < -0.3 is 0 Å². The smallest absolute Gasteiger partial charge is 0.280 e. The number of hydrogen-bond acceptors (Lipinski definition) is 5. The first kappa shape index (κ1) is 14.3. The van der Waals surface area contributed by atoms with Gasteiger partial charge in [0.1, 0.15) is 0 Å². The van der Waals surface area contributed by atoms with Crippen molar-refractivity contribution in [3.63, 3.8) is 0 Å². The molecule has 0 aliphatic rings. The van der Waals surface area contributed by atoms with E-state index in [0.29, 0.717) is 23.3 Å². The molecule has 0 N–H and O–H groups in total. The molecule has 24 heavy (non-hydrogen) atoms. The van der Waals surface area contributed by atoms with Crippen LogP contribution in [0.5, 0.6) is 0 Å². The van der Waals surface area contributed by atoms with E-state index < -0.39 is 0 Å². The highest BCUT2D eigenvalue weighted by Crippen LogP contribution is 2.17. The van der Waals surface area contributed by atoms with Crippen LogP contribution in [0.2, 0.25) is 0 Å². The van der Waals surface area contributed by atoms with Crippen LogP contribution in [0.4, 0.5) is 0 Å². The van der Waals surface area contributed by atoms with Gasteiger partial charge in [0.15, 0.2) is 5.52 Å². The molecule has 0 saturated carbocycles. The Hall–Kier alpha value is -3.35. The third kappa shape index (κ3) is 2.45. The first-order valence-corrected chi connectivity index (χ1v) is 7.47. The normalized spacial score (nSPS) is 11.0. The van der Waals surface area contributed by atoms with Gasteiger partial charge in [-0.15, -0.1) is 0 Å². The van der Waals surface area contributed by atoms with Crippen molar-refractivity contribution < 1.29 is 0 Å². The van der Waals surface area contributed by atoms with E-state index in [1.165, 1.54) is 10.9 Å². The Morgan fingerprint density at radius 3 is 2.71 bits per heavy atom. The first-order chi connectivity index (χ1) is 11.7. The van der Waals surface area contributed by atoms with E-state index in [4.69, 9.17) is 0 Å². The lowest BCUT2D eigenvalue weighted by Gasteiger charge is -2.07. The average Bonchev–Trinajstić information content (AvgIpc) is 3.04. The lowest BCUT2D eigenvalue weighted by Crippen LogP contribution is -2.22. The summed E-state index contributed by atoms with van der Waals surface area (Å²) >= 11 is 0. The summed E-state index contributed by atoms with van der Waals surface area (Å²) in [5.74, 6) is 0. The summed E-state index contributed by atoms with van der Waals surface area (Å²) in [6.07, 6.45) is 4.93. The van der Waals surface area contributed by atoms with E-state index in [9.17, 15) is 4.79 Å². The minimum atomic E-state index is -0.185. The second kappa shape index (κ2) is 5.69. The molecule has 4 aromatic heterocycles. The Morgan fingerprint density at radius 2 is 1.96 bits per heavy atom. The third-order valence-electron chi connectivity index (χ3n) is 3.82. The maximum atomic E-state index is 12.7. The van der Waals surface area contributed by atoms with E-state index in [1.54, 1.807) is 23.1 Å². The van der Waals surface area contributed by atoms with Gasteiger partial charge in [-0.05, 0) is 30.3 Å². The van der Waals surface area contributed by atoms with Crippen molar-refractivity contribution in [1.29, 1.82) is 0 Å². The molecule has 0 amide bonds. The SMILES string of the molecule is Cn1nccc1-c1ccc2ncn(Cc3ccccn3)c(=O)c2n1. The molecule has 0 aromatic carbocycles. The highest BCUT2D eigenvalue weighted by molar-refractivity contribution is 5.76. The zero-order valence-electron chi connectivity index (χ0n) is 13.0. The van der Waals surface area contributed by atoms with Crippen molar-refractivity contribution >= 4 is 11.0 Å². The molecular formula is C17H14N6O. The summed E-state index contributed by atoms with van der Waals surface area (Å²) < 4.78 is 3.24. The average molecular weight is 318 g/mol. The highest BCUT2D eigenvalue weighted by atomic mass is 16.1. The fraction of sp³-hybridized carbons (Fsp3) is 0.118. The van der Waals surface area contributed by atoms with Crippen molar-refractivity contribution in [3.8, 4) is 11.4 Å². The van der Waals surface area contributed by atoms with Crippen molar-refractivity contribution in [2.75, 3.05) is 0 Å². The summed E-state index contributed by atoms with van der Waals surface area (Å²) in [5.41, 5.74) is 3.06. The van der Waals surface area contributed by atoms with Crippen LogP contribution < -0.4 is 5.56 Å². The summed E-state index contributed by atoms with van der Waals surface area (Å²) in [5, 5.41) is 4.14. The van der Waals surface area contributed by atoms with Gasteiger partial charge >= 0.3 is 0 Å². The molecule has 0 saturated heterocycles. The Morgan fingerprint density at radius 1 is 1.04 bits per heavy atom. The summed E-state index contributed by atoms with van der Waals surface area (Å²) in [4.78, 5) is 25.8. The number of aryl methyl sites for hydroxylation is 1. The van der Waals surface area contributed by atoms with Crippen molar-refractivity contribution in [2.45, 2.75) is 6.54 Å². The van der Waals surface area contributed by atoms with Gasteiger partial charge in [-0.2, -0.15) is 5.10 Å². The molecule has 7 heteroatoms. The largest absolute Gasteiger partial charge is 0.291 e. The Kier molecular flexibility index (Phi) is 3.38. The van der Waals surface area contributed by atoms with Crippen LogP contribution in [0.15, 0.2) is 59.9 Å². The topological polar surface area (TPSA) is 78.5 Å². The maximum Gasteiger partial charge on any atom is 0.280 e. The summed E-state index contributed by atoms with van der Waals surface area (Å²) in [7, 11) is 1.84. The lowest BCUT2D eigenvalue weighted by atomic mass is 10.2. The number of aromatic nitrogens is 6. The molecule has 0 fully saturated rings. The second-order valence-corrected chi connectivity index (χ2v) is 5.40. The molecule has 0 atom stereocenters. The fourth-order valence-electron chi connectivity index (χ4n) is 2.58. The second-order valence-electron chi connectivity index (χ2n) is 5.40. The van der Waals surface area contributed by atoms with Crippen LogP contribution in [-0.2, 0) is 13.6 Å². The van der Waals surface area contributed by atoms with Gasteiger partial charge in [0.2, 0.25) is 0 Å². The molecule has 4 heterocycles. The fourth-order valence-corrected chi connectivity index (χ4v) is 2.58. The molecule has 4 aromatic rings. The number of hydrogen-bond donors (Lipinski definition) is 0. The number of fused-ring (bicyclic) bond motifs is 1. The number of nitrogens with zero attached hydrogens (tertiary/aromatic N) is 6. The van der Waals surface area contributed by atoms with Gasteiger partial charge in [0.05, 0.1) is 35.5 Å². The van der Waals surface area contributed by atoms with Crippen molar-refractivity contribution in [3.05, 3.63) is 71.2 Å². The predicted octanol–water partition coefficient (Wildman–Crippen LogP) is 1.64. The van der Waals surface area contributed by atoms with Gasteiger partial charge in [-0.3, -0.25) is 19.0 Å². The molecule has 0 radical (unpaired) electrons. The van der Waals surface area contributed by atoms with Crippen LogP contribution in [0.3, 0.4) is 0 Å². The lowest BCUT2D eigenvalue weighted by molar-refractivity contribution is 0.727. The molecule has 0 spiro atoms. The van der Waals surface area contributed by atoms with E-state index >= 15 is 0 Å². The molecule has 0 bridgehead atoms. The predicted molar refractivity (Wildman–Crippen MR) is 89.3 cm³/mol. The number of pyridine rings is 2. The zero-order chi connectivity index (χ0) is 16.5. The molecule has 4 rings (SSSR count). The first-order valence-electron chi connectivity index (χ1n) is 7.47. The maximum absolute atomic E-state index is 12.7. The minimum Gasteiger partial charge on any atom is -0.291 e. The van der Waals surface area contributed by atoms with Crippen molar-refractivity contribution in [1.82, 2.24) is 29.3 Å². The van der Waals surface area contributed by atoms with Crippen LogP contribution in [-0.4, -0.2) is 29.3 Å². The molecular weight excluding hydrogens is 304 g/mol. The third-order valence-corrected chi connectivity index (χ3v) is 3.82. The Balaban J connectivity index is 1.82.